The van der Waals surface area contributed by atoms with E-state index in [-0.39, 0.29) is 6.10 Å². The van der Waals surface area contributed by atoms with E-state index in [1.54, 1.807) is 16.8 Å². The number of halogens is 2. The number of anilines is 1. The average Bonchev–Trinajstić information content (AvgIpc) is 3.21. The normalized spacial score (nSPS) is 16.7. The van der Waals surface area contributed by atoms with Crippen LogP contribution < -0.4 is 4.90 Å². The van der Waals surface area contributed by atoms with Gasteiger partial charge in [-0.1, -0.05) is 11.6 Å². The molecule has 0 amide bonds. The summed E-state index contributed by atoms with van der Waals surface area (Å²) < 4.78 is 22.6. The van der Waals surface area contributed by atoms with E-state index in [1.807, 2.05) is 39.4 Å². The van der Waals surface area contributed by atoms with Crippen molar-refractivity contribution in [1.82, 2.24) is 24.7 Å². The Hall–Kier alpha value is -3.10. The summed E-state index contributed by atoms with van der Waals surface area (Å²) >= 11 is 5.99. The second kappa shape index (κ2) is 8.11. The number of hydrogen-bond acceptors (Lipinski definition) is 6. The smallest absolute Gasteiger partial charge is 0.181 e. The molecule has 4 heterocycles. The van der Waals surface area contributed by atoms with Crippen molar-refractivity contribution in [3.8, 4) is 11.1 Å². The lowest BCUT2D eigenvalue weighted by atomic mass is 10.0. The fourth-order valence-electron chi connectivity index (χ4n) is 3.93. The van der Waals surface area contributed by atoms with Crippen molar-refractivity contribution in [3.05, 3.63) is 64.5 Å². The zero-order chi connectivity index (χ0) is 22.4. The highest BCUT2D eigenvalue weighted by Crippen LogP contribution is 2.34. The molecule has 32 heavy (non-hydrogen) atoms. The van der Waals surface area contributed by atoms with Crippen LogP contribution in [-0.2, 0) is 11.8 Å². The van der Waals surface area contributed by atoms with Crippen LogP contribution >= 0.6 is 11.6 Å². The van der Waals surface area contributed by atoms with Crippen LogP contribution in [0.1, 0.15) is 23.1 Å². The predicted molar refractivity (Wildman–Crippen MR) is 121 cm³/mol. The van der Waals surface area contributed by atoms with E-state index in [0.29, 0.717) is 52.8 Å². The zero-order valence-corrected chi connectivity index (χ0v) is 18.8. The number of morpholine rings is 1. The summed E-state index contributed by atoms with van der Waals surface area (Å²) in [6.07, 6.45) is 3.64. The van der Waals surface area contributed by atoms with Gasteiger partial charge in [-0.3, -0.25) is 4.68 Å². The van der Waals surface area contributed by atoms with E-state index in [0.717, 1.165) is 17.0 Å². The Kier molecular flexibility index (Phi) is 5.27. The number of rotatable bonds is 3. The van der Waals surface area contributed by atoms with E-state index in [1.165, 1.54) is 6.07 Å². The number of nitrogens with zero attached hydrogens (tertiary/aromatic N) is 6. The van der Waals surface area contributed by atoms with Crippen molar-refractivity contribution in [2.75, 3.05) is 24.6 Å². The van der Waals surface area contributed by atoms with Gasteiger partial charge in [0.2, 0.25) is 0 Å². The number of aromatic nitrogens is 5. The van der Waals surface area contributed by atoms with Crippen LogP contribution in [0.4, 0.5) is 10.2 Å². The van der Waals surface area contributed by atoms with E-state index in [9.17, 15) is 4.39 Å². The SMILES string of the molecule is Cc1nc2nc(N3CCO[C@@H](c4cnn(C)c4)C3)cc(-c3ccc(Cl)cc3F)c2nc1C. The molecule has 1 atom stereocenters. The molecular formula is C23H22ClFN6O. The maximum atomic E-state index is 14.9. The summed E-state index contributed by atoms with van der Waals surface area (Å²) in [5.74, 6) is 0.294. The van der Waals surface area contributed by atoms with Crippen molar-refractivity contribution in [1.29, 1.82) is 0 Å². The molecule has 1 aliphatic rings. The van der Waals surface area contributed by atoms with Gasteiger partial charge in [0.15, 0.2) is 5.65 Å². The highest BCUT2D eigenvalue weighted by atomic mass is 35.5. The van der Waals surface area contributed by atoms with Crippen LogP contribution in [0.2, 0.25) is 5.02 Å². The third kappa shape index (κ3) is 3.80. The standard InChI is InChI=1S/C23H22ClFN6O/c1-13-14(2)28-23-22(27-13)18(17-5-4-16(24)8-19(17)25)9-21(29-23)31-6-7-32-20(12-31)15-10-26-30(3)11-15/h4-5,8-11,20H,6-7,12H2,1-3H3/t20-/m1/s1. The molecule has 4 aromatic rings. The van der Waals surface area contributed by atoms with Gasteiger partial charge in [0, 0.05) is 48.0 Å². The molecule has 164 valence electrons. The Morgan fingerprint density at radius 3 is 2.66 bits per heavy atom. The van der Waals surface area contributed by atoms with Gasteiger partial charge in [0.1, 0.15) is 23.3 Å². The Labute approximate surface area is 189 Å². The number of pyridine rings is 1. The fourth-order valence-corrected chi connectivity index (χ4v) is 4.09. The molecule has 1 aliphatic heterocycles. The summed E-state index contributed by atoms with van der Waals surface area (Å²) in [6, 6.07) is 6.53. The van der Waals surface area contributed by atoms with Crippen LogP contribution in [-0.4, -0.2) is 44.4 Å². The monoisotopic (exact) mass is 452 g/mol. The number of aryl methyl sites for hydroxylation is 3. The average molecular weight is 453 g/mol. The fraction of sp³-hybridized carbons (Fsp3) is 0.304. The van der Waals surface area contributed by atoms with Crippen LogP contribution in [0, 0.1) is 19.7 Å². The second-order valence-corrected chi connectivity index (χ2v) is 8.41. The van der Waals surface area contributed by atoms with Crippen molar-refractivity contribution in [2.45, 2.75) is 20.0 Å². The van der Waals surface area contributed by atoms with Gasteiger partial charge in [-0.25, -0.2) is 19.3 Å². The Bertz CT molecular complexity index is 1320. The Balaban J connectivity index is 1.62. The quantitative estimate of drug-likeness (QED) is 0.458. The predicted octanol–water partition coefficient (Wildman–Crippen LogP) is 4.41. The second-order valence-electron chi connectivity index (χ2n) is 7.97. The molecule has 0 N–H and O–H groups in total. The van der Waals surface area contributed by atoms with Gasteiger partial charge in [0.25, 0.3) is 0 Å². The Morgan fingerprint density at radius 1 is 1.09 bits per heavy atom. The highest BCUT2D eigenvalue weighted by molar-refractivity contribution is 6.30. The van der Waals surface area contributed by atoms with Crippen LogP contribution in [0.25, 0.3) is 22.3 Å². The first-order valence-corrected chi connectivity index (χ1v) is 10.7. The topological polar surface area (TPSA) is 69.0 Å². The van der Waals surface area contributed by atoms with E-state index >= 15 is 0 Å². The Morgan fingerprint density at radius 2 is 1.91 bits per heavy atom. The molecule has 1 fully saturated rings. The first kappa shape index (κ1) is 20.8. The van der Waals surface area contributed by atoms with Crippen molar-refractivity contribution in [3.63, 3.8) is 0 Å². The molecule has 7 nitrogen and oxygen atoms in total. The van der Waals surface area contributed by atoms with Crippen molar-refractivity contribution < 1.29 is 9.13 Å². The first-order valence-electron chi connectivity index (χ1n) is 10.4. The van der Waals surface area contributed by atoms with Gasteiger partial charge in [-0.2, -0.15) is 5.10 Å². The number of fused-ring (bicyclic) bond motifs is 1. The number of ether oxygens (including phenoxy) is 1. The molecule has 9 heteroatoms. The molecule has 1 aromatic carbocycles. The largest absolute Gasteiger partial charge is 0.370 e. The minimum atomic E-state index is -0.411. The highest BCUT2D eigenvalue weighted by Gasteiger charge is 2.26. The molecule has 0 spiro atoms. The van der Waals surface area contributed by atoms with Crippen molar-refractivity contribution >= 4 is 28.6 Å². The molecule has 0 bridgehead atoms. The van der Waals surface area contributed by atoms with Gasteiger partial charge < -0.3 is 9.64 Å². The molecule has 0 radical (unpaired) electrons. The molecular weight excluding hydrogens is 431 g/mol. The summed E-state index contributed by atoms with van der Waals surface area (Å²) in [7, 11) is 1.88. The minimum Gasteiger partial charge on any atom is -0.370 e. The maximum absolute atomic E-state index is 14.9. The molecule has 3 aromatic heterocycles. The van der Waals surface area contributed by atoms with Crippen LogP contribution in [0.15, 0.2) is 36.7 Å². The summed E-state index contributed by atoms with van der Waals surface area (Å²) in [5, 5.41) is 4.59. The third-order valence-corrected chi connectivity index (χ3v) is 5.98. The van der Waals surface area contributed by atoms with E-state index < -0.39 is 5.82 Å². The summed E-state index contributed by atoms with van der Waals surface area (Å²) in [5.41, 5.74) is 4.69. The van der Waals surface area contributed by atoms with Gasteiger partial charge in [-0.15, -0.1) is 0 Å². The lowest BCUT2D eigenvalue weighted by molar-refractivity contribution is 0.0395. The van der Waals surface area contributed by atoms with E-state index in [4.69, 9.17) is 21.3 Å². The van der Waals surface area contributed by atoms with Gasteiger partial charge in [0.05, 0.1) is 24.2 Å². The summed E-state index contributed by atoms with van der Waals surface area (Å²) in [4.78, 5) is 16.3. The molecule has 0 saturated carbocycles. The van der Waals surface area contributed by atoms with E-state index in [2.05, 4.69) is 20.0 Å². The maximum Gasteiger partial charge on any atom is 0.181 e. The number of hydrogen-bond donors (Lipinski definition) is 0. The molecule has 0 unspecified atom stereocenters. The van der Waals surface area contributed by atoms with Crippen molar-refractivity contribution in [2.24, 2.45) is 7.05 Å². The first-order chi connectivity index (χ1) is 15.4. The van der Waals surface area contributed by atoms with Gasteiger partial charge in [-0.05, 0) is 38.1 Å². The lowest BCUT2D eigenvalue weighted by Gasteiger charge is -2.33. The lowest BCUT2D eigenvalue weighted by Crippen LogP contribution is -2.38. The zero-order valence-electron chi connectivity index (χ0n) is 18.0. The molecule has 5 rings (SSSR count). The minimum absolute atomic E-state index is 0.128. The number of benzene rings is 1. The molecule has 1 saturated heterocycles. The van der Waals surface area contributed by atoms with Gasteiger partial charge >= 0.3 is 0 Å². The van der Waals surface area contributed by atoms with Crippen LogP contribution in [0.3, 0.4) is 0 Å². The molecule has 0 aliphatic carbocycles. The summed E-state index contributed by atoms with van der Waals surface area (Å²) in [6.45, 7) is 5.59. The third-order valence-electron chi connectivity index (χ3n) is 5.75. The van der Waals surface area contributed by atoms with Crippen LogP contribution in [0.5, 0.6) is 0 Å².